The van der Waals surface area contributed by atoms with Crippen LogP contribution in [0.5, 0.6) is 5.75 Å². The van der Waals surface area contributed by atoms with Crippen molar-refractivity contribution in [1.82, 2.24) is 14.9 Å². The monoisotopic (exact) mass is 454 g/mol. The van der Waals surface area contributed by atoms with E-state index in [0.29, 0.717) is 43.1 Å². The summed E-state index contributed by atoms with van der Waals surface area (Å²) in [5.41, 5.74) is 3.07. The Balaban J connectivity index is 1.42. The minimum absolute atomic E-state index is 0.130. The van der Waals surface area contributed by atoms with Crippen LogP contribution in [-0.4, -0.2) is 57.2 Å². The largest absolute Gasteiger partial charge is 0.507 e. The van der Waals surface area contributed by atoms with E-state index < -0.39 is 6.10 Å². The van der Waals surface area contributed by atoms with Crippen LogP contribution in [0.3, 0.4) is 0 Å². The van der Waals surface area contributed by atoms with Gasteiger partial charge in [-0.15, -0.1) is 0 Å². The lowest BCUT2D eigenvalue weighted by Crippen LogP contribution is -2.50. The number of para-hydroxylation sites is 1. The van der Waals surface area contributed by atoms with Gasteiger partial charge in [0.05, 0.1) is 11.1 Å². The van der Waals surface area contributed by atoms with E-state index in [-0.39, 0.29) is 11.7 Å². The van der Waals surface area contributed by atoms with Gasteiger partial charge in [0.1, 0.15) is 11.6 Å². The van der Waals surface area contributed by atoms with Gasteiger partial charge in [-0.1, -0.05) is 48.5 Å². The highest BCUT2D eigenvalue weighted by Crippen LogP contribution is 2.32. The molecule has 0 saturated carbocycles. The summed E-state index contributed by atoms with van der Waals surface area (Å²) >= 11 is 0. The number of aliphatic hydroxyl groups is 1. The fourth-order valence-corrected chi connectivity index (χ4v) is 4.34. The van der Waals surface area contributed by atoms with Gasteiger partial charge in [0.25, 0.3) is 5.91 Å². The number of carbonyl (C=O) groups excluding carboxylic acids is 1. The third-order valence-electron chi connectivity index (χ3n) is 6.22. The van der Waals surface area contributed by atoms with Gasteiger partial charge in [0.2, 0.25) is 0 Å². The van der Waals surface area contributed by atoms with Gasteiger partial charge >= 0.3 is 0 Å². The molecule has 172 valence electrons. The zero-order valence-corrected chi connectivity index (χ0v) is 18.9. The van der Waals surface area contributed by atoms with Gasteiger partial charge in [-0.2, -0.15) is 0 Å². The molecule has 1 aromatic heterocycles. The highest BCUT2D eigenvalue weighted by Gasteiger charge is 2.28. The lowest BCUT2D eigenvalue weighted by molar-refractivity contribution is -0.140. The summed E-state index contributed by atoms with van der Waals surface area (Å²) in [6.45, 7) is 4.13. The predicted molar refractivity (Wildman–Crippen MR) is 132 cm³/mol. The van der Waals surface area contributed by atoms with Crippen LogP contribution >= 0.6 is 0 Å². The van der Waals surface area contributed by atoms with Crippen molar-refractivity contribution in [1.29, 1.82) is 0 Å². The van der Waals surface area contributed by atoms with Crippen molar-refractivity contribution < 1.29 is 15.0 Å². The normalized spacial score (nSPS) is 14.9. The molecule has 0 aliphatic carbocycles. The number of aryl methyl sites for hydroxylation is 1. The van der Waals surface area contributed by atoms with Crippen LogP contribution in [0.25, 0.3) is 22.3 Å². The van der Waals surface area contributed by atoms with E-state index in [1.54, 1.807) is 35.2 Å². The lowest BCUT2D eigenvalue weighted by Gasteiger charge is -2.36. The van der Waals surface area contributed by atoms with Gasteiger partial charge in [-0.3, -0.25) is 4.79 Å². The molecule has 1 fully saturated rings. The molecule has 2 N–H and O–H groups in total. The average molecular weight is 455 g/mol. The molecular formula is C27H26N4O3. The lowest BCUT2D eigenvalue weighted by atomic mass is 10.1. The van der Waals surface area contributed by atoms with Crippen LogP contribution in [0.2, 0.25) is 0 Å². The van der Waals surface area contributed by atoms with E-state index in [1.807, 2.05) is 49.4 Å². The van der Waals surface area contributed by atoms with Gasteiger partial charge in [-0.25, -0.2) is 9.97 Å². The number of hydrogen-bond donors (Lipinski definition) is 2. The first-order valence-corrected chi connectivity index (χ1v) is 11.3. The topological polar surface area (TPSA) is 89.8 Å². The second-order valence-electron chi connectivity index (χ2n) is 8.53. The number of fused-ring (bicyclic) bond motifs is 1. The summed E-state index contributed by atoms with van der Waals surface area (Å²) in [4.78, 5) is 26.3. The molecule has 1 saturated heterocycles. The zero-order chi connectivity index (χ0) is 23.7. The number of anilines is 1. The van der Waals surface area contributed by atoms with E-state index in [4.69, 9.17) is 9.97 Å². The summed E-state index contributed by atoms with van der Waals surface area (Å²) in [6.07, 6.45) is -1.16. The van der Waals surface area contributed by atoms with Crippen LogP contribution in [0.15, 0.2) is 72.8 Å². The van der Waals surface area contributed by atoms with Crippen LogP contribution in [0.4, 0.5) is 5.82 Å². The number of phenols is 1. The molecule has 0 radical (unpaired) electrons. The summed E-state index contributed by atoms with van der Waals surface area (Å²) in [5.74, 6) is 1.08. The highest BCUT2D eigenvalue weighted by atomic mass is 16.3. The number of amides is 1. The minimum atomic E-state index is -1.16. The first-order valence-electron chi connectivity index (χ1n) is 11.3. The number of aliphatic hydroxyl groups excluding tert-OH is 1. The fraction of sp³-hybridized carbons (Fsp3) is 0.222. The Morgan fingerprint density at radius 1 is 0.912 bits per heavy atom. The second-order valence-corrected chi connectivity index (χ2v) is 8.53. The molecule has 0 spiro atoms. The molecular weight excluding hydrogens is 428 g/mol. The maximum absolute atomic E-state index is 12.9. The Morgan fingerprint density at radius 3 is 2.35 bits per heavy atom. The summed E-state index contributed by atoms with van der Waals surface area (Å²) in [5, 5.41) is 21.8. The van der Waals surface area contributed by atoms with Gasteiger partial charge in [0.15, 0.2) is 11.9 Å². The molecule has 1 amide bonds. The van der Waals surface area contributed by atoms with Crippen molar-refractivity contribution in [3.63, 3.8) is 0 Å². The zero-order valence-electron chi connectivity index (χ0n) is 18.9. The molecule has 2 heterocycles. The molecule has 3 aromatic carbocycles. The molecule has 7 nitrogen and oxygen atoms in total. The Hall–Kier alpha value is -3.97. The molecule has 7 heteroatoms. The van der Waals surface area contributed by atoms with Crippen molar-refractivity contribution in [2.45, 2.75) is 13.0 Å². The molecule has 1 aliphatic rings. The number of piperazine rings is 1. The molecule has 1 aliphatic heterocycles. The molecule has 34 heavy (non-hydrogen) atoms. The number of aromatic nitrogens is 2. The van der Waals surface area contributed by atoms with E-state index >= 15 is 0 Å². The molecule has 0 bridgehead atoms. The third-order valence-corrected chi connectivity index (χ3v) is 6.22. The number of carbonyl (C=O) groups is 1. The number of nitrogens with zero attached hydrogens (tertiary/aromatic N) is 4. The maximum Gasteiger partial charge on any atom is 0.256 e. The van der Waals surface area contributed by atoms with Crippen molar-refractivity contribution in [3.05, 3.63) is 83.9 Å². The van der Waals surface area contributed by atoms with Crippen LogP contribution in [0.1, 0.15) is 17.2 Å². The fourth-order valence-electron chi connectivity index (χ4n) is 4.34. The maximum atomic E-state index is 12.9. The highest BCUT2D eigenvalue weighted by molar-refractivity contribution is 5.92. The minimum Gasteiger partial charge on any atom is -0.507 e. The number of benzene rings is 3. The van der Waals surface area contributed by atoms with Crippen molar-refractivity contribution >= 4 is 22.6 Å². The Kier molecular flexibility index (Phi) is 5.86. The van der Waals surface area contributed by atoms with E-state index in [2.05, 4.69) is 4.90 Å². The molecule has 4 aromatic rings. The standard InChI is InChI=1S/C27H26N4O3/c1-18-11-12-20-22(17-18)28-25(21-9-5-6-10-23(21)32)29-26(20)30-13-15-31(16-14-30)27(34)24(33)19-7-3-2-4-8-19/h2-12,17,24,32-33H,13-16H2,1H3/t24-/m1/s1. The van der Waals surface area contributed by atoms with Crippen molar-refractivity contribution in [2.75, 3.05) is 31.1 Å². The van der Waals surface area contributed by atoms with Crippen LogP contribution < -0.4 is 4.90 Å². The van der Waals surface area contributed by atoms with E-state index in [1.165, 1.54) is 0 Å². The average Bonchev–Trinajstić information content (AvgIpc) is 2.88. The predicted octanol–water partition coefficient (Wildman–Crippen LogP) is 3.69. The number of rotatable bonds is 4. The van der Waals surface area contributed by atoms with Crippen molar-refractivity contribution in [2.24, 2.45) is 0 Å². The second kappa shape index (κ2) is 9.11. The number of aromatic hydroxyl groups is 1. The quantitative estimate of drug-likeness (QED) is 0.489. The number of hydrogen-bond acceptors (Lipinski definition) is 6. The first kappa shape index (κ1) is 21.9. The van der Waals surface area contributed by atoms with E-state index in [9.17, 15) is 15.0 Å². The summed E-state index contributed by atoms with van der Waals surface area (Å²) in [6, 6.07) is 22.1. The van der Waals surface area contributed by atoms with Crippen LogP contribution in [-0.2, 0) is 4.79 Å². The summed E-state index contributed by atoms with van der Waals surface area (Å²) in [7, 11) is 0. The van der Waals surface area contributed by atoms with Crippen LogP contribution in [0, 0.1) is 6.92 Å². The Bertz CT molecular complexity index is 1330. The van der Waals surface area contributed by atoms with Gasteiger partial charge < -0.3 is 20.0 Å². The van der Waals surface area contributed by atoms with E-state index in [0.717, 1.165) is 22.3 Å². The molecule has 5 rings (SSSR count). The third kappa shape index (κ3) is 4.18. The first-order chi connectivity index (χ1) is 16.5. The molecule has 0 unspecified atom stereocenters. The van der Waals surface area contributed by atoms with Crippen molar-refractivity contribution in [3.8, 4) is 17.1 Å². The van der Waals surface area contributed by atoms with Gasteiger partial charge in [-0.05, 0) is 42.3 Å². The SMILES string of the molecule is Cc1ccc2c(N3CCN(C(=O)[C@H](O)c4ccccc4)CC3)nc(-c3ccccc3O)nc2c1. The Labute approximate surface area is 197 Å². The smallest absolute Gasteiger partial charge is 0.256 e. The summed E-state index contributed by atoms with van der Waals surface area (Å²) < 4.78 is 0. The number of phenolic OH excluding ortho intramolecular Hbond substituents is 1. The van der Waals surface area contributed by atoms with Gasteiger partial charge in [0, 0.05) is 31.6 Å². The molecule has 1 atom stereocenters. The Morgan fingerprint density at radius 2 is 1.62 bits per heavy atom.